The van der Waals surface area contributed by atoms with Crippen molar-refractivity contribution < 1.29 is 93.0 Å². The number of ether oxygens (including phenoxy) is 4. The summed E-state index contributed by atoms with van der Waals surface area (Å²) in [7, 11) is -8.42. The summed E-state index contributed by atoms with van der Waals surface area (Å²) in [5.41, 5.74) is 1.56. The first-order valence-electron chi connectivity index (χ1n) is 29.9. The molecule has 6 aliphatic rings. The molecule has 1 N–H and O–H groups in total. The van der Waals surface area contributed by atoms with E-state index in [-0.39, 0.29) is 66.4 Å². The van der Waals surface area contributed by atoms with Crippen LogP contribution in [0.3, 0.4) is 0 Å². The van der Waals surface area contributed by atoms with Crippen molar-refractivity contribution in [2.24, 2.45) is 0 Å². The molecular formula is C58H77F9N8O12S3. The SMILES string of the molecule is COC(=O)CN1CCC(Oc2c(F)cc(C3CCN(S(C)(=O)=O)CC3)cc2F)CC1.CS(=O)(=O)N1CCC(c2cc(F)c(OC3CCN(Cc4nc(C(F)(F)F)no4)CC3)c(F)c2)CC1.CS(=O)(=O)N1CCC(c2cc(F)c(OC3CCNCC3)c(F)c2)CC1. The normalized spacial score (nSPS) is 20.4. The van der Waals surface area contributed by atoms with Gasteiger partial charge in [0, 0.05) is 65.4 Å². The van der Waals surface area contributed by atoms with Crippen LogP contribution in [0.5, 0.6) is 17.2 Å². The molecule has 6 fully saturated rings. The summed E-state index contributed by atoms with van der Waals surface area (Å²) in [5, 5.41) is 6.11. The Bertz CT molecular complexity index is 3350. The number of hydrogen-bond acceptors (Lipinski definition) is 17. The molecule has 90 heavy (non-hydrogen) atoms. The number of aromatic nitrogens is 2. The lowest BCUT2D eigenvalue weighted by atomic mass is 9.90. The number of benzene rings is 3. The molecule has 20 nitrogen and oxygen atoms in total. The minimum atomic E-state index is -4.68. The lowest BCUT2D eigenvalue weighted by Gasteiger charge is -2.32. The Morgan fingerprint density at radius 3 is 1.11 bits per heavy atom. The number of sulfonamides is 3. The second-order valence-corrected chi connectivity index (χ2v) is 29.5. The van der Waals surface area contributed by atoms with Crippen LogP contribution in [0, 0.1) is 34.9 Å². The number of rotatable bonds is 16. The molecule has 1 aromatic heterocycles. The van der Waals surface area contributed by atoms with Gasteiger partial charge in [-0.1, -0.05) is 5.16 Å². The van der Waals surface area contributed by atoms with Crippen LogP contribution >= 0.6 is 0 Å². The molecule has 32 heteroatoms. The first-order chi connectivity index (χ1) is 42.4. The zero-order valence-electron chi connectivity index (χ0n) is 50.5. The Kier molecular flexibility index (Phi) is 24.0. The Hall–Kier alpha value is -5.35. The molecular weight excluding hydrogens is 1270 g/mol. The molecule has 0 unspecified atom stereocenters. The van der Waals surface area contributed by atoms with Crippen molar-refractivity contribution >= 4 is 36.0 Å². The highest BCUT2D eigenvalue weighted by atomic mass is 32.2. The monoisotopic (exact) mass is 1340 g/mol. The Morgan fingerprint density at radius 2 is 0.822 bits per heavy atom. The fourth-order valence-corrected chi connectivity index (χ4v) is 14.6. The Morgan fingerprint density at radius 1 is 0.511 bits per heavy atom. The highest BCUT2D eigenvalue weighted by Crippen LogP contribution is 2.38. The van der Waals surface area contributed by atoms with Gasteiger partial charge in [0.05, 0.1) is 39.0 Å². The zero-order chi connectivity index (χ0) is 65.3. The van der Waals surface area contributed by atoms with Crippen LogP contribution in [0.15, 0.2) is 40.9 Å². The molecule has 3 aromatic carbocycles. The number of nitrogens with one attached hydrogen (secondary N) is 1. The third-order valence-electron chi connectivity index (χ3n) is 17.1. The summed E-state index contributed by atoms with van der Waals surface area (Å²) in [5.74, 6) is -7.74. The molecule has 0 saturated carbocycles. The number of nitrogens with zero attached hydrogens (tertiary/aromatic N) is 7. The van der Waals surface area contributed by atoms with Gasteiger partial charge >= 0.3 is 12.1 Å². The number of alkyl halides is 3. The van der Waals surface area contributed by atoms with E-state index in [4.69, 9.17) is 14.2 Å². The molecule has 0 amide bonds. The molecule has 7 heterocycles. The number of carbonyl (C=O) groups is 1. The lowest BCUT2D eigenvalue weighted by Crippen LogP contribution is -2.41. The van der Waals surface area contributed by atoms with Crippen molar-refractivity contribution in [2.45, 2.75) is 126 Å². The van der Waals surface area contributed by atoms with Gasteiger partial charge in [0.1, 0.15) is 18.3 Å². The van der Waals surface area contributed by atoms with Gasteiger partial charge in [-0.25, -0.2) is 64.5 Å². The van der Waals surface area contributed by atoms with Crippen LogP contribution in [0.1, 0.15) is 123 Å². The second kappa shape index (κ2) is 30.6. The number of likely N-dealkylation sites (tertiary alicyclic amines) is 2. The maximum absolute atomic E-state index is 14.7. The molecule has 0 aliphatic carbocycles. The van der Waals surface area contributed by atoms with E-state index in [9.17, 15) is 69.6 Å². The van der Waals surface area contributed by atoms with Gasteiger partial charge in [-0.3, -0.25) is 14.6 Å². The van der Waals surface area contributed by atoms with E-state index in [2.05, 4.69) is 24.7 Å². The molecule has 4 aromatic rings. The smallest absolute Gasteiger partial charge is 0.455 e. The average Bonchev–Trinajstić information content (AvgIpc) is 1.56. The Labute approximate surface area is 518 Å². The average molecular weight is 1350 g/mol. The molecule has 0 atom stereocenters. The van der Waals surface area contributed by atoms with Gasteiger partial charge in [0.15, 0.2) is 52.2 Å². The van der Waals surface area contributed by atoms with E-state index in [1.807, 2.05) is 4.90 Å². The summed E-state index contributed by atoms with van der Waals surface area (Å²) in [6, 6.07) is 7.74. The van der Waals surface area contributed by atoms with Gasteiger partial charge in [-0.15, -0.1) is 0 Å². The van der Waals surface area contributed by atoms with Crippen molar-refractivity contribution in [2.75, 3.05) is 111 Å². The number of methoxy groups -OCH3 is 1. The van der Waals surface area contributed by atoms with E-state index in [1.165, 1.54) is 68.9 Å². The number of piperidine rings is 6. The molecule has 6 aliphatic heterocycles. The van der Waals surface area contributed by atoms with Crippen LogP contribution in [0.2, 0.25) is 0 Å². The largest absolute Gasteiger partial charge is 0.484 e. The van der Waals surface area contributed by atoms with Crippen molar-refractivity contribution in [3.63, 3.8) is 0 Å². The van der Waals surface area contributed by atoms with Crippen LogP contribution in [0.25, 0.3) is 0 Å². The molecule has 0 bridgehead atoms. The molecule has 502 valence electrons. The van der Waals surface area contributed by atoms with Gasteiger partial charge in [-0.05, 0) is 161 Å². The van der Waals surface area contributed by atoms with Crippen LogP contribution < -0.4 is 19.5 Å². The van der Waals surface area contributed by atoms with Gasteiger partial charge in [-0.2, -0.15) is 18.2 Å². The number of esters is 1. The van der Waals surface area contributed by atoms with Gasteiger partial charge in [0.25, 0.3) is 5.82 Å². The minimum absolute atomic E-state index is 0.0331. The summed E-state index contributed by atoms with van der Waals surface area (Å²) in [4.78, 5) is 18.4. The summed E-state index contributed by atoms with van der Waals surface area (Å²) in [6.07, 6.45) is 4.30. The molecule has 0 radical (unpaired) electrons. The van der Waals surface area contributed by atoms with Crippen LogP contribution in [-0.4, -0.2) is 193 Å². The predicted molar refractivity (Wildman–Crippen MR) is 311 cm³/mol. The second-order valence-electron chi connectivity index (χ2n) is 23.6. The first-order valence-corrected chi connectivity index (χ1v) is 35.4. The summed E-state index contributed by atoms with van der Waals surface area (Å²) < 4.78 is 225. The fourth-order valence-electron chi connectivity index (χ4n) is 12.0. The molecule has 10 rings (SSSR count). The van der Waals surface area contributed by atoms with E-state index in [1.54, 1.807) is 4.90 Å². The van der Waals surface area contributed by atoms with E-state index >= 15 is 0 Å². The van der Waals surface area contributed by atoms with Gasteiger partial charge in [0.2, 0.25) is 36.0 Å². The van der Waals surface area contributed by atoms with Crippen molar-refractivity contribution in [3.05, 3.63) is 99.7 Å². The number of halogens is 9. The topological polar surface area (TPSA) is 224 Å². The van der Waals surface area contributed by atoms with Crippen molar-refractivity contribution in [3.8, 4) is 17.2 Å². The highest BCUT2D eigenvalue weighted by molar-refractivity contribution is 7.88. The molecule has 6 saturated heterocycles. The first kappa shape index (κ1) is 70.5. The van der Waals surface area contributed by atoms with Crippen molar-refractivity contribution in [1.29, 1.82) is 0 Å². The summed E-state index contributed by atoms with van der Waals surface area (Å²) >= 11 is 0. The quantitative estimate of drug-likeness (QED) is 0.0831. The number of carbonyl (C=O) groups excluding carboxylic acids is 1. The maximum atomic E-state index is 14.7. The molecule has 0 spiro atoms. The third kappa shape index (κ3) is 19.6. The van der Waals surface area contributed by atoms with Gasteiger partial charge < -0.3 is 28.8 Å². The van der Waals surface area contributed by atoms with Crippen LogP contribution in [-0.2, 0) is 52.3 Å². The van der Waals surface area contributed by atoms with Crippen molar-refractivity contribution in [1.82, 2.24) is 38.2 Å². The highest BCUT2D eigenvalue weighted by Gasteiger charge is 2.38. The fraction of sp³-hybridized carbons (Fsp3) is 0.638. The van der Waals surface area contributed by atoms with E-state index in [0.29, 0.717) is 146 Å². The Balaban J connectivity index is 0.000000177. The maximum Gasteiger partial charge on any atom is 0.455 e. The zero-order valence-corrected chi connectivity index (χ0v) is 52.9. The lowest BCUT2D eigenvalue weighted by molar-refractivity contribution is -0.146. The van der Waals surface area contributed by atoms with E-state index < -0.39 is 88.8 Å². The summed E-state index contributed by atoms with van der Waals surface area (Å²) in [6.45, 7) is 5.81. The van der Waals surface area contributed by atoms with E-state index in [0.717, 1.165) is 32.2 Å². The number of hydrogen-bond donors (Lipinski definition) is 1. The third-order valence-corrected chi connectivity index (χ3v) is 21.0. The minimum Gasteiger partial charge on any atom is -0.484 e. The standard InChI is InChI=1S/C21H25F5N4O4S.C20H28F2N2O5S.C17H24F2N2O3S/c1-35(31,32)30-8-2-13(3-9-30)14-10-16(22)19(17(23)11-14)33-15-4-6-29(7-5-15)12-18-27-20(28-34-18)21(24,25)26;1-28-19(25)13-23-7-5-16(6-8-23)29-20-17(21)11-15(12-18(20)22)14-3-9-24(10-4-14)30(2,26)27;1-25(22,23)21-8-4-12(5-9-21)13-10-15(18)17(16(19)11-13)24-14-2-6-20-7-3-14/h10-11,13,15H,2-9,12H2,1H3;11-12,14,16H,3-10,13H2,1-2H3;10-12,14,20H,2-9H2,1H3. The predicted octanol–water partition coefficient (Wildman–Crippen LogP) is 7.90. The van der Waals surface area contributed by atoms with Crippen LogP contribution in [0.4, 0.5) is 39.5 Å².